The van der Waals surface area contributed by atoms with E-state index < -0.39 is 30.1 Å². The second-order valence-corrected chi connectivity index (χ2v) is 6.01. The van der Waals surface area contributed by atoms with Gasteiger partial charge in [-0.15, -0.1) is 0 Å². The summed E-state index contributed by atoms with van der Waals surface area (Å²) in [5.41, 5.74) is 0. The SMILES string of the molecule is CCCCCCCC(=O)/C=C/[C@H](OC(C)=O)[C@H](COC(C)=O)OC(C)=O. The van der Waals surface area contributed by atoms with Crippen LogP contribution < -0.4 is 0 Å². The number of carbonyl (C=O) groups excluding carboxylic acids is 4. The van der Waals surface area contributed by atoms with Crippen molar-refractivity contribution in [2.45, 2.75) is 78.4 Å². The van der Waals surface area contributed by atoms with Gasteiger partial charge in [0.15, 0.2) is 18.0 Å². The third kappa shape index (κ3) is 13.1. The molecule has 0 N–H and O–H groups in total. The molecule has 0 saturated carbocycles. The maximum atomic E-state index is 12.0. The molecule has 0 aromatic heterocycles. The van der Waals surface area contributed by atoms with E-state index in [1.165, 1.54) is 32.9 Å². The molecule has 0 aliphatic carbocycles. The smallest absolute Gasteiger partial charge is 0.303 e. The van der Waals surface area contributed by atoms with Crippen LogP contribution in [0.1, 0.15) is 66.2 Å². The fraction of sp³-hybridized carbons (Fsp3) is 0.684. The van der Waals surface area contributed by atoms with E-state index in [4.69, 9.17) is 14.2 Å². The highest BCUT2D eigenvalue weighted by Gasteiger charge is 2.26. The first-order chi connectivity index (χ1) is 12.3. The minimum Gasteiger partial charge on any atom is -0.462 e. The Morgan fingerprint density at radius 3 is 2.00 bits per heavy atom. The monoisotopic (exact) mass is 370 g/mol. The van der Waals surface area contributed by atoms with Gasteiger partial charge in [-0.1, -0.05) is 32.6 Å². The van der Waals surface area contributed by atoms with Crippen molar-refractivity contribution in [1.29, 1.82) is 0 Å². The molecule has 26 heavy (non-hydrogen) atoms. The Hall–Kier alpha value is -2.18. The summed E-state index contributed by atoms with van der Waals surface area (Å²) < 4.78 is 15.0. The van der Waals surface area contributed by atoms with Gasteiger partial charge >= 0.3 is 17.9 Å². The van der Waals surface area contributed by atoms with Gasteiger partial charge in [-0.2, -0.15) is 0 Å². The molecule has 0 unspecified atom stereocenters. The van der Waals surface area contributed by atoms with Crippen molar-refractivity contribution in [2.75, 3.05) is 6.61 Å². The molecule has 0 radical (unpaired) electrons. The molecule has 7 heteroatoms. The zero-order valence-corrected chi connectivity index (χ0v) is 16.1. The van der Waals surface area contributed by atoms with Gasteiger partial charge in [0, 0.05) is 27.2 Å². The van der Waals surface area contributed by atoms with E-state index in [0.29, 0.717) is 6.42 Å². The predicted molar refractivity (Wildman–Crippen MR) is 95.3 cm³/mol. The van der Waals surface area contributed by atoms with Crippen LogP contribution in [0.2, 0.25) is 0 Å². The third-order valence-electron chi connectivity index (χ3n) is 3.44. The number of carbonyl (C=O) groups is 4. The largest absolute Gasteiger partial charge is 0.462 e. The van der Waals surface area contributed by atoms with Crippen molar-refractivity contribution in [3.8, 4) is 0 Å². The first-order valence-electron chi connectivity index (χ1n) is 8.95. The topological polar surface area (TPSA) is 96.0 Å². The molecule has 2 atom stereocenters. The van der Waals surface area contributed by atoms with Crippen LogP contribution in [-0.2, 0) is 33.4 Å². The molecule has 0 aromatic carbocycles. The first-order valence-corrected chi connectivity index (χ1v) is 8.95. The van der Waals surface area contributed by atoms with Crippen LogP contribution in [0.4, 0.5) is 0 Å². The van der Waals surface area contributed by atoms with Crippen molar-refractivity contribution in [3.05, 3.63) is 12.2 Å². The van der Waals surface area contributed by atoms with Crippen molar-refractivity contribution < 1.29 is 33.4 Å². The van der Waals surface area contributed by atoms with Gasteiger partial charge in [-0.05, 0) is 18.6 Å². The molecule has 148 valence electrons. The Balaban J connectivity index is 4.83. The number of unbranched alkanes of at least 4 members (excludes halogenated alkanes) is 4. The summed E-state index contributed by atoms with van der Waals surface area (Å²) in [6.45, 7) is 5.45. The summed E-state index contributed by atoms with van der Waals surface area (Å²) >= 11 is 0. The van der Waals surface area contributed by atoms with Crippen LogP contribution in [0.5, 0.6) is 0 Å². The molecule has 7 nitrogen and oxygen atoms in total. The van der Waals surface area contributed by atoms with Gasteiger partial charge in [0.2, 0.25) is 0 Å². The number of hydrogen-bond acceptors (Lipinski definition) is 7. The van der Waals surface area contributed by atoms with E-state index in [-0.39, 0.29) is 12.4 Å². The van der Waals surface area contributed by atoms with Crippen molar-refractivity contribution in [1.82, 2.24) is 0 Å². The van der Waals surface area contributed by atoms with E-state index in [2.05, 4.69) is 6.92 Å². The molecule has 0 rings (SSSR count). The quantitative estimate of drug-likeness (QED) is 0.213. The Bertz CT molecular complexity index is 496. The summed E-state index contributed by atoms with van der Waals surface area (Å²) in [6, 6.07) is 0. The van der Waals surface area contributed by atoms with Crippen molar-refractivity contribution in [3.63, 3.8) is 0 Å². The lowest BCUT2D eigenvalue weighted by Crippen LogP contribution is -2.37. The van der Waals surface area contributed by atoms with Crippen molar-refractivity contribution >= 4 is 23.7 Å². The van der Waals surface area contributed by atoms with Gasteiger partial charge in [0.05, 0.1) is 0 Å². The third-order valence-corrected chi connectivity index (χ3v) is 3.44. The maximum absolute atomic E-state index is 12.0. The number of allylic oxidation sites excluding steroid dienone is 1. The molecule has 0 aliphatic heterocycles. The number of ether oxygens (including phenoxy) is 3. The summed E-state index contributed by atoms with van der Waals surface area (Å²) in [7, 11) is 0. The van der Waals surface area contributed by atoms with Crippen LogP contribution >= 0.6 is 0 Å². The summed E-state index contributed by atoms with van der Waals surface area (Å²) in [5, 5.41) is 0. The van der Waals surface area contributed by atoms with E-state index in [9.17, 15) is 19.2 Å². The second kappa shape index (κ2) is 14.0. The standard InChI is InChI=1S/C19H30O7/c1-5-6-7-8-9-10-17(23)11-12-18(25-15(3)21)19(26-16(4)22)13-24-14(2)20/h11-12,18-19H,5-10,13H2,1-4H3/b12-11+/t18-,19-/m0/s1. The number of ketones is 1. The van der Waals surface area contributed by atoms with Gasteiger partial charge in [-0.25, -0.2) is 0 Å². The molecule has 0 fully saturated rings. The van der Waals surface area contributed by atoms with Crippen molar-refractivity contribution in [2.24, 2.45) is 0 Å². The van der Waals surface area contributed by atoms with Gasteiger partial charge in [0.1, 0.15) is 6.61 Å². The Morgan fingerprint density at radius 2 is 1.46 bits per heavy atom. The van der Waals surface area contributed by atoms with Crippen LogP contribution in [-0.4, -0.2) is 42.5 Å². The minimum atomic E-state index is -1.02. The number of rotatable bonds is 13. The van der Waals surface area contributed by atoms with Gasteiger partial charge in [-0.3, -0.25) is 19.2 Å². The lowest BCUT2D eigenvalue weighted by molar-refractivity contribution is -0.169. The molecular formula is C19H30O7. The molecule has 0 heterocycles. The lowest BCUT2D eigenvalue weighted by Gasteiger charge is -2.23. The maximum Gasteiger partial charge on any atom is 0.303 e. The first kappa shape index (κ1) is 23.8. The fourth-order valence-electron chi connectivity index (χ4n) is 2.23. The summed E-state index contributed by atoms with van der Waals surface area (Å²) in [6.07, 6.45) is 6.22. The molecule has 0 aliphatic rings. The molecule has 0 spiro atoms. The predicted octanol–water partition coefficient (Wildman–Crippen LogP) is 2.90. The molecule has 0 aromatic rings. The number of esters is 3. The minimum absolute atomic E-state index is 0.104. The number of hydrogen-bond donors (Lipinski definition) is 0. The summed E-state index contributed by atoms with van der Waals surface area (Å²) in [4.78, 5) is 45.5. The normalized spacial score (nSPS) is 13.1. The molecule has 0 bridgehead atoms. The Kier molecular flexibility index (Phi) is 12.9. The van der Waals surface area contributed by atoms with Crippen LogP contribution in [0.3, 0.4) is 0 Å². The van der Waals surface area contributed by atoms with E-state index in [1.54, 1.807) is 0 Å². The fourth-order valence-corrected chi connectivity index (χ4v) is 2.23. The van der Waals surface area contributed by atoms with E-state index in [0.717, 1.165) is 32.1 Å². The highest BCUT2D eigenvalue weighted by atomic mass is 16.6. The van der Waals surface area contributed by atoms with Crippen LogP contribution in [0.25, 0.3) is 0 Å². The molecule has 0 amide bonds. The zero-order valence-electron chi connectivity index (χ0n) is 16.1. The van der Waals surface area contributed by atoms with Crippen LogP contribution in [0.15, 0.2) is 12.2 Å². The average molecular weight is 370 g/mol. The molecule has 0 saturated heterocycles. The van der Waals surface area contributed by atoms with E-state index in [1.807, 2.05) is 0 Å². The highest BCUT2D eigenvalue weighted by molar-refractivity contribution is 5.89. The van der Waals surface area contributed by atoms with Gasteiger partial charge < -0.3 is 14.2 Å². The zero-order chi connectivity index (χ0) is 19.9. The van der Waals surface area contributed by atoms with Gasteiger partial charge in [0.25, 0.3) is 0 Å². The van der Waals surface area contributed by atoms with Crippen LogP contribution in [0, 0.1) is 0 Å². The van der Waals surface area contributed by atoms with E-state index >= 15 is 0 Å². The average Bonchev–Trinajstić information content (AvgIpc) is 2.54. The summed E-state index contributed by atoms with van der Waals surface area (Å²) in [5.74, 6) is -1.88. The Labute approximate surface area is 155 Å². The Morgan fingerprint density at radius 1 is 0.846 bits per heavy atom. The second-order valence-electron chi connectivity index (χ2n) is 6.01. The molecular weight excluding hydrogens is 340 g/mol. The lowest BCUT2D eigenvalue weighted by atomic mass is 10.1. The highest BCUT2D eigenvalue weighted by Crippen LogP contribution is 2.11.